The van der Waals surface area contributed by atoms with Crippen molar-refractivity contribution in [3.63, 3.8) is 0 Å². The topological polar surface area (TPSA) is 107 Å². The number of likely N-dealkylation sites (tertiary alicyclic amines) is 1. The number of nitrogens with zero attached hydrogens (tertiary/aromatic N) is 5. The van der Waals surface area contributed by atoms with Gasteiger partial charge in [-0.15, -0.1) is 0 Å². The van der Waals surface area contributed by atoms with Crippen LogP contribution in [0.3, 0.4) is 0 Å². The molecule has 0 aliphatic carbocycles. The minimum Gasteiger partial charge on any atom is -0.472 e. The maximum absolute atomic E-state index is 16.8. The van der Waals surface area contributed by atoms with Crippen LogP contribution in [0.15, 0.2) is 30.9 Å². The SMILES string of the molecule is C=CC(=O)N1CC(Oc2nc(OCC34CCCN3CC(F)C4)nc3c(F)c(-c4ccc(F)c5sc(N)nc45)c(C(F)(F)F)cc23)CC1C. The minimum absolute atomic E-state index is 0.0355. The molecule has 1 amide bonds. The Morgan fingerprint density at radius 1 is 1.21 bits per heavy atom. The average Bonchev–Trinajstić information content (AvgIpc) is 3.78. The molecule has 0 radical (unpaired) electrons. The van der Waals surface area contributed by atoms with Crippen molar-refractivity contribution in [1.82, 2.24) is 24.8 Å². The fourth-order valence-electron chi connectivity index (χ4n) is 7.31. The zero-order chi connectivity index (χ0) is 34.1. The fraction of sp³-hybridized carbons (Fsp3) is 0.438. The average molecular weight is 693 g/mol. The van der Waals surface area contributed by atoms with Crippen LogP contribution in [0, 0.1) is 11.6 Å². The maximum Gasteiger partial charge on any atom is 0.417 e. The molecule has 4 aromatic rings. The summed E-state index contributed by atoms with van der Waals surface area (Å²) in [6, 6.07) is 1.96. The van der Waals surface area contributed by atoms with Crippen LogP contribution in [0.25, 0.3) is 32.2 Å². The molecule has 254 valence electrons. The van der Waals surface area contributed by atoms with Gasteiger partial charge in [-0.2, -0.15) is 23.1 Å². The fourth-order valence-corrected chi connectivity index (χ4v) is 8.08. The van der Waals surface area contributed by atoms with Crippen molar-refractivity contribution in [1.29, 1.82) is 0 Å². The predicted octanol–water partition coefficient (Wildman–Crippen LogP) is 6.30. The Morgan fingerprint density at radius 3 is 2.75 bits per heavy atom. The normalized spacial score (nSPS) is 24.5. The number of carbonyl (C=O) groups excluding carboxylic acids is 1. The van der Waals surface area contributed by atoms with E-state index in [2.05, 4.69) is 21.5 Å². The molecule has 48 heavy (non-hydrogen) atoms. The molecule has 0 bridgehead atoms. The molecule has 2 aromatic carbocycles. The standard InChI is InChI=1S/C32H30F6N6O3S/c1-3-22(45)44-13-17(9-15(44)2)47-28-19-10-20(32(36,37)38)23(18-5-6-21(34)27-26(18)40-29(39)48-27)24(35)25(19)41-30(42-28)46-14-31-7-4-8-43(31)12-16(33)11-31/h3,5-6,10,15-17H,1,4,7-9,11-14H2,2H3,(H2,39,40). The molecule has 3 aliphatic heterocycles. The summed E-state index contributed by atoms with van der Waals surface area (Å²) in [4.78, 5) is 28.4. The molecule has 3 fully saturated rings. The van der Waals surface area contributed by atoms with E-state index < -0.39 is 57.7 Å². The molecule has 4 unspecified atom stereocenters. The van der Waals surface area contributed by atoms with Crippen LogP contribution in [0.4, 0.5) is 31.5 Å². The summed E-state index contributed by atoms with van der Waals surface area (Å²) in [7, 11) is 0. The molecule has 3 saturated heterocycles. The molecule has 2 N–H and O–H groups in total. The third-order valence-corrected chi connectivity index (χ3v) is 10.4. The number of alkyl halides is 4. The Bertz CT molecular complexity index is 1960. The molecule has 4 atom stereocenters. The first kappa shape index (κ1) is 32.4. The van der Waals surface area contributed by atoms with Gasteiger partial charge < -0.3 is 20.1 Å². The van der Waals surface area contributed by atoms with Crippen molar-refractivity contribution in [3.05, 3.63) is 48.1 Å². The second-order valence-electron chi connectivity index (χ2n) is 12.5. The van der Waals surface area contributed by atoms with Crippen LogP contribution in [-0.2, 0) is 11.0 Å². The first-order valence-corrected chi connectivity index (χ1v) is 16.2. The van der Waals surface area contributed by atoms with E-state index in [1.165, 1.54) is 4.90 Å². The van der Waals surface area contributed by atoms with Crippen molar-refractivity contribution >= 4 is 43.5 Å². The van der Waals surface area contributed by atoms with Gasteiger partial charge in [-0.05, 0) is 50.6 Å². The third kappa shape index (κ3) is 5.47. The van der Waals surface area contributed by atoms with Crippen molar-refractivity contribution < 1.29 is 40.6 Å². The second-order valence-corrected chi connectivity index (χ2v) is 13.6. The number of benzene rings is 2. The molecule has 5 heterocycles. The minimum atomic E-state index is -5.09. The molecule has 0 saturated carbocycles. The highest BCUT2D eigenvalue weighted by molar-refractivity contribution is 7.22. The van der Waals surface area contributed by atoms with E-state index in [1.54, 1.807) is 6.92 Å². The van der Waals surface area contributed by atoms with E-state index in [-0.39, 0.29) is 70.9 Å². The number of rotatable bonds is 7. The van der Waals surface area contributed by atoms with Crippen molar-refractivity contribution in [2.45, 2.75) is 62.6 Å². The van der Waals surface area contributed by atoms with Crippen molar-refractivity contribution in [3.8, 4) is 23.0 Å². The first-order chi connectivity index (χ1) is 22.8. The van der Waals surface area contributed by atoms with E-state index in [0.717, 1.165) is 36.0 Å². The summed E-state index contributed by atoms with van der Waals surface area (Å²) < 4.78 is 102. The maximum atomic E-state index is 16.8. The van der Waals surface area contributed by atoms with Gasteiger partial charge in [0.05, 0.1) is 33.2 Å². The lowest BCUT2D eigenvalue weighted by Gasteiger charge is -2.30. The predicted molar refractivity (Wildman–Crippen MR) is 166 cm³/mol. The summed E-state index contributed by atoms with van der Waals surface area (Å²) in [6.07, 6.45) is -3.70. The summed E-state index contributed by atoms with van der Waals surface area (Å²) in [6.45, 7) is 6.27. The third-order valence-electron chi connectivity index (χ3n) is 9.47. The summed E-state index contributed by atoms with van der Waals surface area (Å²) >= 11 is 0.720. The van der Waals surface area contributed by atoms with Gasteiger partial charge in [0.15, 0.2) is 10.9 Å². The van der Waals surface area contributed by atoms with Gasteiger partial charge in [-0.1, -0.05) is 17.9 Å². The van der Waals surface area contributed by atoms with Gasteiger partial charge >= 0.3 is 12.2 Å². The molecule has 2 aromatic heterocycles. The van der Waals surface area contributed by atoms with E-state index in [1.807, 2.05) is 4.90 Å². The molecular formula is C32H30F6N6O3S. The van der Waals surface area contributed by atoms with Gasteiger partial charge in [0.1, 0.15) is 30.2 Å². The molecule has 3 aliphatic rings. The molecule has 9 nitrogen and oxygen atoms in total. The lowest BCUT2D eigenvalue weighted by molar-refractivity contribution is -0.137. The zero-order valence-corrected chi connectivity index (χ0v) is 26.4. The van der Waals surface area contributed by atoms with Gasteiger partial charge in [-0.25, -0.2) is 18.2 Å². The highest BCUT2D eigenvalue weighted by Gasteiger charge is 2.49. The number of carbonyl (C=O) groups is 1. The zero-order valence-electron chi connectivity index (χ0n) is 25.6. The van der Waals surface area contributed by atoms with Crippen LogP contribution in [-0.4, -0.2) is 80.8 Å². The van der Waals surface area contributed by atoms with Gasteiger partial charge in [0.25, 0.3) is 0 Å². The Hall–Kier alpha value is -4.18. The number of fused-ring (bicyclic) bond motifs is 3. The van der Waals surface area contributed by atoms with Crippen LogP contribution >= 0.6 is 11.3 Å². The largest absolute Gasteiger partial charge is 0.472 e. The van der Waals surface area contributed by atoms with E-state index in [0.29, 0.717) is 25.5 Å². The number of anilines is 1. The van der Waals surface area contributed by atoms with E-state index in [4.69, 9.17) is 15.2 Å². The number of hydrogen-bond donors (Lipinski definition) is 1. The number of thiazole rings is 1. The van der Waals surface area contributed by atoms with Crippen LogP contribution < -0.4 is 15.2 Å². The quantitative estimate of drug-likeness (QED) is 0.178. The number of halogens is 6. The highest BCUT2D eigenvalue weighted by atomic mass is 32.1. The Morgan fingerprint density at radius 2 is 2.00 bits per heavy atom. The summed E-state index contributed by atoms with van der Waals surface area (Å²) in [5.74, 6) is -2.89. The Balaban J connectivity index is 1.38. The first-order valence-electron chi connectivity index (χ1n) is 15.4. The number of nitrogen functional groups attached to an aromatic ring is 1. The van der Waals surface area contributed by atoms with Gasteiger partial charge in [-0.3, -0.25) is 9.69 Å². The second kappa shape index (κ2) is 11.8. The van der Waals surface area contributed by atoms with Gasteiger partial charge in [0.2, 0.25) is 11.8 Å². The Labute approximate surface area is 274 Å². The Kier molecular flexibility index (Phi) is 7.93. The van der Waals surface area contributed by atoms with Crippen LogP contribution in [0.2, 0.25) is 0 Å². The monoisotopic (exact) mass is 692 g/mol. The smallest absolute Gasteiger partial charge is 0.417 e. The van der Waals surface area contributed by atoms with E-state index >= 15 is 4.39 Å². The lowest BCUT2D eigenvalue weighted by atomic mass is 9.95. The number of amides is 1. The summed E-state index contributed by atoms with van der Waals surface area (Å²) in [5.41, 5.74) is 1.73. The lowest BCUT2D eigenvalue weighted by Crippen LogP contribution is -2.43. The number of aromatic nitrogens is 3. The van der Waals surface area contributed by atoms with E-state index in [9.17, 15) is 26.7 Å². The number of ether oxygens (including phenoxy) is 2. The van der Waals surface area contributed by atoms with Crippen molar-refractivity contribution in [2.75, 3.05) is 32.0 Å². The highest BCUT2D eigenvalue weighted by Crippen LogP contribution is 2.46. The van der Waals surface area contributed by atoms with Gasteiger partial charge in [0, 0.05) is 36.6 Å². The number of nitrogens with two attached hydrogens (primary N) is 1. The molecule has 7 rings (SSSR count). The molecule has 16 heteroatoms. The van der Waals surface area contributed by atoms with Crippen LogP contribution in [0.1, 0.15) is 38.2 Å². The molecule has 0 spiro atoms. The van der Waals surface area contributed by atoms with Crippen LogP contribution in [0.5, 0.6) is 11.9 Å². The van der Waals surface area contributed by atoms with Crippen molar-refractivity contribution in [2.24, 2.45) is 0 Å². The molecular weight excluding hydrogens is 662 g/mol. The summed E-state index contributed by atoms with van der Waals surface area (Å²) in [5, 5.41) is -0.504. The number of hydrogen-bond acceptors (Lipinski definition) is 9.